The van der Waals surface area contributed by atoms with Gasteiger partial charge in [0.2, 0.25) is 5.76 Å². The van der Waals surface area contributed by atoms with Gasteiger partial charge in [-0.2, -0.15) is 0 Å². The second kappa shape index (κ2) is 2.60. The molecule has 1 N–H and O–H groups in total. The summed E-state index contributed by atoms with van der Waals surface area (Å²) in [5.41, 5.74) is 0.665. The zero-order chi connectivity index (χ0) is 8.55. The fourth-order valence-corrected chi connectivity index (χ4v) is 0.989. The molecule has 1 aromatic rings. The first-order chi connectivity index (χ1) is 5.77. The summed E-state index contributed by atoms with van der Waals surface area (Å²) in [5, 5.41) is 12.1. The van der Waals surface area contributed by atoms with Gasteiger partial charge in [0.1, 0.15) is 0 Å². The fourth-order valence-electron chi connectivity index (χ4n) is 0.989. The Labute approximate surface area is 67.9 Å². The molecule has 1 aliphatic heterocycles. The molecule has 0 atom stereocenters. The number of hydrogen-bond acceptors (Lipinski definition) is 4. The summed E-state index contributed by atoms with van der Waals surface area (Å²) >= 11 is 0. The quantitative estimate of drug-likeness (QED) is 0.697. The van der Waals surface area contributed by atoms with E-state index >= 15 is 0 Å². The highest BCUT2D eigenvalue weighted by atomic mass is 16.5. The first kappa shape index (κ1) is 7.30. The summed E-state index contributed by atoms with van der Waals surface area (Å²) in [6, 6.07) is 1.44. The van der Waals surface area contributed by atoms with Crippen molar-refractivity contribution in [2.24, 2.45) is 0 Å². The van der Waals surface area contributed by atoms with Crippen LogP contribution in [-0.4, -0.2) is 29.4 Å². The van der Waals surface area contributed by atoms with Crippen LogP contribution in [0.1, 0.15) is 22.2 Å². The van der Waals surface area contributed by atoms with E-state index in [0.717, 1.165) is 0 Å². The van der Waals surface area contributed by atoms with E-state index in [0.29, 0.717) is 18.9 Å². The van der Waals surface area contributed by atoms with Crippen LogP contribution >= 0.6 is 0 Å². The Morgan fingerprint density at radius 3 is 2.83 bits per heavy atom. The molecule has 0 radical (unpaired) electrons. The Morgan fingerprint density at radius 2 is 2.42 bits per heavy atom. The van der Waals surface area contributed by atoms with Crippen molar-refractivity contribution in [1.29, 1.82) is 0 Å². The van der Waals surface area contributed by atoms with Gasteiger partial charge in [-0.3, -0.25) is 0 Å². The van der Waals surface area contributed by atoms with E-state index in [1.165, 1.54) is 6.07 Å². The van der Waals surface area contributed by atoms with Crippen LogP contribution in [0, 0.1) is 0 Å². The summed E-state index contributed by atoms with van der Waals surface area (Å²) in [7, 11) is 0. The molecule has 0 spiro atoms. The molecule has 1 aromatic heterocycles. The van der Waals surface area contributed by atoms with Crippen molar-refractivity contribution in [3.05, 3.63) is 17.5 Å². The second-order valence-electron chi connectivity index (χ2n) is 2.66. The lowest BCUT2D eigenvalue weighted by molar-refractivity contribution is 0.00555. The number of nitrogens with zero attached hydrogens (tertiary/aromatic N) is 1. The van der Waals surface area contributed by atoms with Gasteiger partial charge in [-0.25, -0.2) is 4.79 Å². The molecule has 1 fully saturated rings. The Bertz CT molecular complexity index is 302. The summed E-state index contributed by atoms with van der Waals surface area (Å²) in [4.78, 5) is 10.4. The highest BCUT2D eigenvalue weighted by molar-refractivity contribution is 5.84. The Hall–Kier alpha value is -1.36. The number of carboxylic acids is 1. The molecule has 64 valence electrons. The summed E-state index contributed by atoms with van der Waals surface area (Å²) in [6.45, 7) is 1.21. The van der Waals surface area contributed by atoms with Gasteiger partial charge >= 0.3 is 5.97 Å². The SMILES string of the molecule is O=C(O)c1cc(C2COC2)no1. The molecule has 5 heteroatoms. The Morgan fingerprint density at radius 1 is 1.67 bits per heavy atom. The number of rotatable bonds is 2. The van der Waals surface area contributed by atoms with Gasteiger partial charge in [-0.15, -0.1) is 0 Å². The van der Waals surface area contributed by atoms with E-state index in [9.17, 15) is 4.79 Å². The minimum Gasteiger partial charge on any atom is -0.475 e. The first-order valence-electron chi connectivity index (χ1n) is 3.55. The van der Waals surface area contributed by atoms with Crippen LogP contribution in [0.5, 0.6) is 0 Å². The van der Waals surface area contributed by atoms with Crippen molar-refractivity contribution >= 4 is 5.97 Å². The smallest absolute Gasteiger partial charge is 0.374 e. The van der Waals surface area contributed by atoms with Gasteiger partial charge in [0.25, 0.3) is 0 Å². The van der Waals surface area contributed by atoms with Crippen molar-refractivity contribution in [1.82, 2.24) is 5.16 Å². The molecule has 0 aromatic carbocycles. The molecule has 0 amide bonds. The number of hydrogen-bond donors (Lipinski definition) is 1. The van der Waals surface area contributed by atoms with Gasteiger partial charge in [0.15, 0.2) is 0 Å². The maximum absolute atomic E-state index is 10.4. The predicted molar refractivity (Wildman–Crippen MR) is 37.0 cm³/mol. The number of carbonyl (C=O) groups is 1. The van der Waals surface area contributed by atoms with Crippen molar-refractivity contribution < 1.29 is 19.2 Å². The van der Waals surface area contributed by atoms with E-state index in [1.54, 1.807) is 0 Å². The normalized spacial score (nSPS) is 17.3. The molecule has 5 nitrogen and oxygen atoms in total. The van der Waals surface area contributed by atoms with Gasteiger partial charge < -0.3 is 14.4 Å². The molecular formula is C7H7NO4. The summed E-state index contributed by atoms with van der Waals surface area (Å²) < 4.78 is 9.51. The lowest BCUT2D eigenvalue weighted by Gasteiger charge is -2.23. The van der Waals surface area contributed by atoms with Gasteiger partial charge in [0, 0.05) is 6.07 Å². The average molecular weight is 169 g/mol. The lowest BCUT2D eigenvalue weighted by atomic mass is 10.0. The van der Waals surface area contributed by atoms with Gasteiger partial charge in [-0.1, -0.05) is 5.16 Å². The zero-order valence-corrected chi connectivity index (χ0v) is 6.19. The lowest BCUT2D eigenvalue weighted by Crippen LogP contribution is -2.25. The molecule has 1 aliphatic rings. The van der Waals surface area contributed by atoms with Crippen LogP contribution in [0.3, 0.4) is 0 Å². The van der Waals surface area contributed by atoms with Crippen LogP contribution in [0.4, 0.5) is 0 Å². The standard InChI is InChI=1S/C7H7NO4/c9-7(10)6-1-5(8-12-6)4-2-11-3-4/h1,4H,2-3H2,(H,9,10). The van der Waals surface area contributed by atoms with Crippen LogP contribution in [0.15, 0.2) is 10.6 Å². The first-order valence-corrected chi connectivity index (χ1v) is 3.55. The zero-order valence-electron chi connectivity index (χ0n) is 6.19. The third kappa shape index (κ3) is 1.08. The predicted octanol–water partition coefficient (Wildman–Crippen LogP) is 0.487. The monoisotopic (exact) mass is 169 g/mol. The number of carboxylic acid groups (broad SMARTS) is 1. The molecule has 2 heterocycles. The van der Waals surface area contributed by atoms with Gasteiger partial charge in [-0.05, 0) is 0 Å². The Balaban J connectivity index is 2.17. The van der Waals surface area contributed by atoms with Crippen LogP contribution < -0.4 is 0 Å². The number of ether oxygens (including phenoxy) is 1. The topological polar surface area (TPSA) is 72.6 Å². The Kier molecular flexibility index (Phi) is 1.58. The molecule has 0 unspecified atom stereocenters. The van der Waals surface area contributed by atoms with E-state index in [2.05, 4.69) is 9.68 Å². The highest BCUT2D eigenvalue weighted by Crippen LogP contribution is 2.23. The van der Waals surface area contributed by atoms with Crippen molar-refractivity contribution in [3.63, 3.8) is 0 Å². The number of aromatic carboxylic acids is 1. The molecule has 1 saturated heterocycles. The maximum atomic E-state index is 10.4. The van der Waals surface area contributed by atoms with Crippen molar-refractivity contribution in [2.45, 2.75) is 5.92 Å². The third-order valence-corrected chi connectivity index (χ3v) is 1.80. The fraction of sp³-hybridized carbons (Fsp3) is 0.429. The third-order valence-electron chi connectivity index (χ3n) is 1.80. The van der Waals surface area contributed by atoms with Crippen LogP contribution in [0.25, 0.3) is 0 Å². The van der Waals surface area contributed by atoms with E-state index in [4.69, 9.17) is 9.84 Å². The molecule has 0 saturated carbocycles. The minimum absolute atomic E-state index is 0.114. The van der Waals surface area contributed by atoms with Gasteiger partial charge in [0.05, 0.1) is 24.8 Å². The molecule has 12 heavy (non-hydrogen) atoms. The summed E-state index contributed by atoms with van der Waals surface area (Å²) in [5.74, 6) is -0.993. The number of aromatic nitrogens is 1. The van der Waals surface area contributed by atoms with Crippen LogP contribution in [-0.2, 0) is 4.74 Å². The van der Waals surface area contributed by atoms with Crippen molar-refractivity contribution in [2.75, 3.05) is 13.2 Å². The highest BCUT2D eigenvalue weighted by Gasteiger charge is 2.25. The minimum atomic E-state index is -1.09. The van der Waals surface area contributed by atoms with E-state index < -0.39 is 5.97 Å². The molecule has 2 rings (SSSR count). The molecule has 0 bridgehead atoms. The van der Waals surface area contributed by atoms with E-state index in [-0.39, 0.29) is 11.7 Å². The summed E-state index contributed by atoms with van der Waals surface area (Å²) in [6.07, 6.45) is 0. The van der Waals surface area contributed by atoms with Crippen molar-refractivity contribution in [3.8, 4) is 0 Å². The van der Waals surface area contributed by atoms with E-state index in [1.807, 2.05) is 0 Å². The molecule has 0 aliphatic carbocycles. The maximum Gasteiger partial charge on any atom is 0.374 e. The second-order valence-corrected chi connectivity index (χ2v) is 2.66. The largest absolute Gasteiger partial charge is 0.475 e. The molecular weight excluding hydrogens is 162 g/mol. The average Bonchev–Trinajstić information content (AvgIpc) is 2.32. The van der Waals surface area contributed by atoms with Crippen LogP contribution in [0.2, 0.25) is 0 Å².